The molecule has 0 bridgehead atoms. The van der Waals surface area contributed by atoms with Gasteiger partial charge in [-0.2, -0.15) is 0 Å². The molecule has 2 N–H and O–H groups in total. The number of amides is 1. The van der Waals surface area contributed by atoms with E-state index >= 15 is 0 Å². The first-order chi connectivity index (χ1) is 6.79. The normalized spacial score (nSPS) is 14.1. The minimum Gasteiger partial charge on any atom is -0.306 e. The highest BCUT2D eigenvalue weighted by Crippen LogP contribution is 2.26. The lowest BCUT2D eigenvalue weighted by Gasteiger charge is -1.98. The molecule has 14 heavy (non-hydrogen) atoms. The van der Waals surface area contributed by atoms with E-state index < -0.39 is 0 Å². The van der Waals surface area contributed by atoms with Crippen LogP contribution in [0.15, 0.2) is 0 Å². The predicted octanol–water partition coefficient (Wildman–Crippen LogP) is 1.48. The summed E-state index contributed by atoms with van der Waals surface area (Å²) in [5, 5.41) is 6.77. The lowest BCUT2D eigenvalue weighted by molar-refractivity contribution is -0.116. The summed E-state index contributed by atoms with van der Waals surface area (Å²) in [6.45, 7) is 3.71. The zero-order valence-corrected chi connectivity index (χ0v) is 8.91. The first-order valence-electron chi connectivity index (χ1n) is 4.78. The summed E-state index contributed by atoms with van der Waals surface area (Å²) in [5.74, 6) is 0.0629. The molecule has 0 radical (unpaired) electrons. The van der Waals surface area contributed by atoms with Crippen LogP contribution >= 0.6 is 11.3 Å². The van der Waals surface area contributed by atoms with Gasteiger partial charge in [-0.3, -0.25) is 4.79 Å². The van der Waals surface area contributed by atoms with E-state index in [1.165, 1.54) is 4.88 Å². The maximum atomic E-state index is 11.3. The second kappa shape index (κ2) is 4.06. The molecule has 4 nitrogen and oxygen atoms in total. The van der Waals surface area contributed by atoms with Crippen LogP contribution < -0.4 is 10.6 Å². The molecule has 1 aliphatic heterocycles. The summed E-state index contributed by atoms with van der Waals surface area (Å²) in [4.78, 5) is 16.9. The maximum absolute atomic E-state index is 11.3. The van der Waals surface area contributed by atoms with Gasteiger partial charge in [-0.05, 0) is 6.42 Å². The summed E-state index contributed by atoms with van der Waals surface area (Å²) in [6, 6.07) is 0. The third-order valence-electron chi connectivity index (χ3n) is 2.08. The van der Waals surface area contributed by atoms with Crippen LogP contribution in [-0.4, -0.2) is 10.9 Å². The molecule has 1 aromatic rings. The van der Waals surface area contributed by atoms with Crippen LogP contribution in [0.3, 0.4) is 0 Å². The van der Waals surface area contributed by atoms with E-state index in [1.807, 2.05) is 6.92 Å². The lowest BCUT2D eigenvalue weighted by Crippen LogP contribution is -2.10. The molecule has 0 saturated carbocycles. The number of fused-ring (bicyclic) bond motifs is 1. The van der Waals surface area contributed by atoms with Crippen molar-refractivity contribution in [2.45, 2.75) is 32.9 Å². The van der Waals surface area contributed by atoms with E-state index in [1.54, 1.807) is 11.3 Å². The number of rotatable bonds is 3. The van der Waals surface area contributed by atoms with Crippen LogP contribution in [0.5, 0.6) is 0 Å². The quantitative estimate of drug-likeness (QED) is 0.796. The Labute approximate surface area is 86.7 Å². The fourth-order valence-electron chi connectivity index (χ4n) is 1.42. The number of nitrogens with one attached hydrogen (secondary N) is 2. The Kier molecular flexibility index (Phi) is 2.79. The third kappa shape index (κ3) is 1.93. The minimum absolute atomic E-state index is 0.0629. The van der Waals surface area contributed by atoms with Gasteiger partial charge >= 0.3 is 0 Å². The van der Waals surface area contributed by atoms with Gasteiger partial charge in [0.2, 0.25) is 5.91 Å². The largest absolute Gasteiger partial charge is 0.306 e. The predicted molar refractivity (Wildman–Crippen MR) is 56.2 cm³/mol. The number of carbonyl (C=O) groups excluding carboxylic acids is 1. The summed E-state index contributed by atoms with van der Waals surface area (Å²) >= 11 is 1.57. The van der Waals surface area contributed by atoms with E-state index in [-0.39, 0.29) is 5.91 Å². The van der Waals surface area contributed by atoms with Crippen molar-refractivity contribution in [3.05, 3.63) is 10.6 Å². The van der Waals surface area contributed by atoms with Gasteiger partial charge < -0.3 is 10.6 Å². The molecule has 76 valence electrons. The van der Waals surface area contributed by atoms with E-state index in [2.05, 4.69) is 15.6 Å². The monoisotopic (exact) mass is 211 g/mol. The Bertz CT molecular complexity index is 326. The molecule has 0 saturated heterocycles. The van der Waals surface area contributed by atoms with Crippen LogP contribution in [0, 0.1) is 0 Å². The number of thiazole rings is 1. The van der Waals surface area contributed by atoms with Crippen molar-refractivity contribution in [2.75, 3.05) is 5.32 Å². The SMILES string of the molecule is CCCC(=O)Nc1nc2c(s1)CNC2. The molecular formula is C9H13N3OS. The van der Waals surface area contributed by atoms with Crippen LogP contribution in [0.2, 0.25) is 0 Å². The fraction of sp³-hybridized carbons (Fsp3) is 0.556. The lowest BCUT2D eigenvalue weighted by atomic mass is 10.3. The van der Waals surface area contributed by atoms with Crippen LogP contribution in [0.4, 0.5) is 5.13 Å². The number of hydrogen-bond donors (Lipinski definition) is 2. The van der Waals surface area contributed by atoms with E-state index in [0.717, 1.165) is 30.3 Å². The molecule has 0 atom stereocenters. The average molecular weight is 211 g/mol. The van der Waals surface area contributed by atoms with E-state index in [9.17, 15) is 4.79 Å². The summed E-state index contributed by atoms with van der Waals surface area (Å²) in [6.07, 6.45) is 1.45. The van der Waals surface area contributed by atoms with Crippen LogP contribution in [-0.2, 0) is 17.9 Å². The van der Waals surface area contributed by atoms with Crippen LogP contribution in [0.1, 0.15) is 30.3 Å². The van der Waals surface area contributed by atoms with Crippen molar-refractivity contribution in [3.8, 4) is 0 Å². The van der Waals surface area contributed by atoms with Crippen molar-refractivity contribution >= 4 is 22.4 Å². The molecule has 0 aliphatic carbocycles. The standard InChI is InChI=1S/C9H13N3OS/c1-2-3-8(13)12-9-11-6-4-10-5-7(6)14-9/h10H,2-5H2,1H3,(H,11,12,13). The number of carbonyl (C=O) groups is 1. The molecular weight excluding hydrogens is 198 g/mol. The van der Waals surface area contributed by atoms with Gasteiger partial charge in [0.1, 0.15) is 0 Å². The second-order valence-electron chi connectivity index (χ2n) is 3.29. The maximum Gasteiger partial charge on any atom is 0.226 e. The molecule has 0 spiro atoms. The molecule has 0 fully saturated rings. The number of anilines is 1. The van der Waals surface area contributed by atoms with Crippen LogP contribution in [0.25, 0.3) is 0 Å². The first kappa shape index (κ1) is 9.61. The Morgan fingerprint density at radius 1 is 1.64 bits per heavy atom. The highest BCUT2D eigenvalue weighted by atomic mass is 32.1. The van der Waals surface area contributed by atoms with Crippen molar-refractivity contribution in [1.29, 1.82) is 0 Å². The molecule has 0 aromatic carbocycles. The summed E-state index contributed by atoms with van der Waals surface area (Å²) < 4.78 is 0. The van der Waals surface area contributed by atoms with Gasteiger partial charge in [0.15, 0.2) is 5.13 Å². The van der Waals surface area contributed by atoms with E-state index in [0.29, 0.717) is 6.42 Å². The van der Waals surface area contributed by atoms with Gasteiger partial charge in [-0.15, -0.1) is 11.3 Å². The zero-order valence-electron chi connectivity index (χ0n) is 8.09. The molecule has 2 rings (SSSR count). The third-order valence-corrected chi connectivity index (χ3v) is 3.09. The Balaban J connectivity index is 2.00. The smallest absolute Gasteiger partial charge is 0.226 e. The van der Waals surface area contributed by atoms with Gasteiger partial charge in [0, 0.05) is 24.4 Å². The fourth-order valence-corrected chi connectivity index (χ4v) is 2.38. The topological polar surface area (TPSA) is 54.0 Å². The number of nitrogens with zero attached hydrogens (tertiary/aromatic N) is 1. The summed E-state index contributed by atoms with van der Waals surface area (Å²) in [7, 11) is 0. The molecule has 2 heterocycles. The molecule has 1 amide bonds. The Morgan fingerprint density at radius 3 is 3.21 bits per heavy atom. The number of aromatic nitrogens is 1. The van der Waals surface area contributed by atoms with Crippen molar-refractivity contribution < 1.29 is 4.79 Å². The Hall–Kier alpha value is -0.940. The van der Waals surface area contributed by atoms with E-state index in [4.69, 9.17) is 0 Å². The summed E-state index contributed by atoms with van der Waals surface area (Å²) in [5.41, 5.74) is 1.08. The Morgan fingerprint density at radius 2 is 2.50 bits per heavy atom. The zero-order chi connectivity index (χ0) is 9.97. The van der Waals surface area contributed by atoms with Crippen molar-refractivity contribution in [2.24, 2.45) is 0 Å². The second-order valence-corrected chi connectivity index (χ2v) is 4.37. The molecule has 5 heteroatoms. The molecule has 0 unspecified atom stereocenters. The van der Waals surface area contributed by atoms with Gasteiger partial charge in [-0.1, -0.05) is 6.92 Å². The minimum atomic E-state index is 0.0629. The molecule has 1 aromatic heterocycles. The number of hydrogen-bond acceptors (Lipinski definition) is 4. The molecule has 1 aliphatic rings. The highest BCUT2D eigenvalue weighted by molar-refractivity contribution is 7.15. The van der Waals surface area contributed by atoms with Gasteiger partial charge in [0.25, 0.3) is 0 Å². The van der Waals surface area contributed by atoms with Gasteiger partial charge in [0.05, 0.1) is 5.69 Å². The van der Waals surface area contributed by atoms with Crippen molar-refractivity contribution in [1.82, 2.24) is 10.3 Å². The average Bonchev–Trinajstić information content (AvgIpc) is 2.63. The highest BCUT2D eigenvalue weighted by Gasteiger charge is 2.16. The van der Waals surface area contributed by atoms with Crippen molar-refractivity contribution in [3.63, 3.8) is 0 Å². The van der Waals surface area contributed by atoms with Gasteiger partial charge in [-0.25, -0.2) is 4.98 Å². The first-order valence-corrected chi connectivity index (χ1v) is 5.60.